The van der Waals surface area contributed by atoms with Crippen molar-refractivity contribution in [3.63, 3.8) is 0 Å². The van der Waals surface area contributed by atoms with Crippen molar-refractivity contribution < 1.29 is 9.90 Å². The van der Waals surface area contributed by atoms with Crippen molar-refractivity contribution in [3.05, 3.63) is 21.3 Å². The molecule has 1 amide bonds. The van der Waals surface area contributed by atoms with Gasteiger partial charge < -0.3 is 5.11 Å². The maximum atomic E-state index is 10.5. The van der Waals surface area contributed by atoms with Crippen LogP contribution < -0.4 is 9.89 Å². The van der Waals surface area contributed by atoms with Crippen LogP contribution in [0.1, 0.15) is 0 Å². The van der Waals surface area contributed by atoms with E-state index in [9.17, 15) is 4.79 Å². The summed E-state index contributed by atoms with van der Waals surface area (Å²) < 4.78 is 0.906. The Morgan fingerprint density at radius 1 is 1.75 bits per heavy atom. The van der Waals surface area contributed by atoms with E-state index in [0.29, 0.717) is 0 Å². The van der Waals surface area contributed by atoms with E-state index in [1.807, 2.05) is 11.4 Å². The molecule has 0 aliphatic carbocycles. The van der Waals surface area contributed by atoms with Crippen molar-refractivity contribution in [3.8, 4) is 0 Å². The molecular formula is C7H6N2O2S. The minimum Gasteiger partial charge on any atom is -0.465 e. The lowest BCUT2D eigenvalue weighted by atomic mass is 10.5. The fraction of sp³-hybridized carbons (Fsp3) is 0.143. The van der Waals surface area contributed by atoms with Crippen LogP contribution in [-0.2, 0) is 0 Å². The number of rotatable bonds is 0. The molecule has 0 saturated carbocycles. The normalized spacial score (nSPS) is 14.5. The van der Waals surface area contributed by atoms with E-state index in [-0.39, 0.29) is 6.67 Å². The van der Waals surface area contributed by atoms with Crippen LogP contribution in [0.3, 0.4) is 0 Å². The lowest BCUT2D eigenvalue weighted by Gasteiger charge is -2.12. The summed E-state index contributed by atoms with van der Waals surface area (Å²) >= 11 is 1.49. The highest BCUT2D eigenvalue weighted by Gasteiger charge is 2.10. The number of nitrogens with zero attached hydrogens (tertiary/aromatic N) is 2. The van der Waals surface area contributed by atoms with Gasteiger partial charge in [0.05, 0.1) is 9.89 Å². The van der Waals surface area contributed by atoms with Gasteiger partial charge >= 0.3 is 6.09 Å². The first kappa shape index (κ1) is 7.30. The quantitative estimate of drug-likeness (QED) is 0.616. The average molecular weight is 182 g/mol. The Bertz CT molecular complexity index is 423. The highest BCUT2D eigenvalue weighted by Crippen LogP contribution is 1.95. The first-order chi connectivity index (χ1) is 5.77. The maximum absolute atomic E-state index is 10.5. The fourth-order valence-corrected chi connectivity index (χ4v) is 1.78. The van der Waals surface area contributed by atoms with Gasteiger partial charge in [-0.2, -0.15) is 0 Å². The van der Waals surface area contributed by atoms with Crippen molar-refractivity contribution in [1.82, 2.24) is 4.90 Å². The molecule has 1 aliphatic rings. The Labute approximate surface area is 72.1 Å². The summed E-state index contributed by atoms with van der Waals surface area (Å²) in [4.78, 5) is 15.8. The smallest absolute Gasteiger partial charge is 0.412 e. The molecule has 2 rings (SSSR count). The molecule has 1 aromatic rings. The molecule has 2 heterocycles. The van der Waals surface area contributed by atoms with Gasteiger partial charge in [-0.3, -0.25) is 9.89 Å². The van der Waals surface area contributed by atoms with E-state index in [1.54, 1.807) is 6.20 Å². The summed E-state index contributed by atoms with van der Waals surface area (Å²) in [5.74, 6) is 0. The van der Waals surface area contributed by atoms with Crippen molar-refractivity contribution in [1.29, 1.82) is 0 Å². The topological polar surface area (TPSA) is 52.9 Å². The standard InChI is InChI=1S/C7H6N2O2S/c10-7(11)9-3-6-5(8-4-9)1-2-12-6/h1-3H,4H2,(H,10,11). The van der Waals surface area contributed by atoms with E-state index in [0.717, 1.165) is 9.89 Å². The van der Waals surface area contributed by atoms with Gasteiger partial charge in [0, 0.05) is 6.20 Å². The van der Waals surface area contributed by atoms with Crippen LogP contribution in [0.15, 0.2) is 16.4 Å². The number of carboxylic acid groups (broad SMARTS) is 1. The minimum atomic E-state index is -0.960. The molecule has 0 unspecified atom stereocenters. The molecule has 0 bridgehead atoms. The van der Waals surface area contributed by atoms with Crippen LogP contribution in [0, 0.1) is 0 Å². The first-order valence-electron chi connectivity index (χ1n) is 3.37. The van der Waals surface area contributed by atoms with E-state index in [4.69, 9.17) is 5.11 Å². The number of carbonyl (C=O) groups is 1. The Kier molecular flexibility index (Phi) is 1.58. The van der Waals surface area contributed by atoms with Crippen molar-refractivity contribution in [2.75, 3.05) is 6.67 Å². The van der Waals surface area contributed by atoms with Gasteiger partial charge in [0.15, 0.2) is 0 Å². The second-order valence-electron chi connectivity index (χ2n) is 2.35. The van der Waals surface area contributed by atoms with Crippen molar-refractivity contribution in [2.24, 2.45) is 4.99 Å². The predicted molar refractivity (Wildman–Crippen MR) is 44.3 cm³/mol. The van der Waals surface area contributed by atoms with E-state index >= 15 is 0 Å². The van der Waals surface area contributed by atoms with Gasteiger partial charge in [-0.15, -0.1) is 11.3 Å². The van der Waals surface area contributed by atoms with E-state index in [1.165, 1.54) is 16.2 Å². The lowest BCUT2D eigenvalue weighted by Crippen LogP contribution is -2.35. The van der Waals surface area contributed by atoms with Crippen LogP contribution in [0.4, 0.5) is 4.79 Å². The zero-order valence-corrected chi connectivity index (χ0v) is 6.91. The highest BCUT2D eigenvalue weighted by atomic mass is 32.1. The number of amides is 1. The molecule has 4 nitrogen and oxygen atoms in total. The minimum absolute atomic E-state index is 0.207. The molecule has 0 aromatic carbocycles. The molecule has 0 spiro atoms. The van der Waals surface area contributed by atoms with Crippen molar-refractivity contribution >= 4 is 23.6 Å². The van der Waals surface area contributed by atoms with Gasteiger partial charge in [-0.25, -0.2) is 4.79 Å². The maximum Gasteiger partial charge on any atom is 0.412 e. The Balaban J connectivity index is 2.52. The molecule has 0 saturated heterocycles. The second-order valence-corrected chi connectivity index (χ2v) is 3.30. The Morgan fingerprint density at radius 3 is 3.33 bits per heavy atom. The van der Waals surface area contributed by atoms with E-state index < -0.39 is 6.09 Å². The summed E-state index contributed by atoms with van der Waals surface area (Å²) in [5.41, 5.74) is 0. The summed E-state index contributed by atoms with van der Waals surface area (Å²) in [6, 6.07) is 1.88. The zero-order valence-electron chi connectivity index (χ0n) is 6.10. The molecule has 12 heavy (non-hydrogen) atoms. The van der Waals surface area contributed by atoms with Gasteiger partial charge in [0.1, 0.15) is 6.67 Å². The highest BCUT2D eigenvalue weighted by molar-refractivity contribution is 7.07. The molecule has 1 N–H and O–H groups in total. The first-order valence-corrected chi connectivity index (χ1v) is 4.25. The fourth-order valence-electron chi connectivity index (χ4n) is 0.992. The van der Waals surface area contributed by atoms with E-state index in [2.05, 4.69) is 4.99 Å². The summed E-state index contributed by atoms with van der Waals surface area (Å²) in [6.45, 7) is 0.207. The Morgan fingerprint density at radius 2 is 2.58 bits per heavy atom. The summed E-state index contributed by atoms with van der Waals surface area (Å²) in [5, 5.41) is 11.4. The number of hydrogen-bond donors (Lipinski definition) is 1. The second kappa shape index (κ2) is 2.60. The third-order valence-corrected chi connectivity index (χ3v) is 2.43. The lowest BCUT2D eigenvalue weighted by molar-refractivity contribution is 0.168. The van der Waals surface area contributed by atoms with Crippen LogP contribution >= 0.6 is 11.3 Å². The van der Waals surface area contributed by atoms with Crippen molar-refractivity contribution in [2.45, 2.75) is 0 Å². The van der Waals surface area contributed by atoms with Crippen LogP contribution in [-0.4, -0.2) is 22.8 Å². The molecule has 1 aromatic heterocycles. The van der Waals surface area contributed by atoms with Gasteiger partial charge in [-0.05, 0) is 11.4 Å². The van der Waals surface area contributed by atoms with Crippen LogP contribution in [0.25, 0.3) is 6.20 Å². The third-order valence-electron chi connectivity index (χ3n) is 1.59. The third kappa shape index (κ3) is 1.08. The molecule has 0 atom stereocenters. The monoisotopic (exact) mass is 182 g/mol. The molecule has 0 radical (unpaired) electrons. The molecule has 5 heteroatoms. The molecule has 1 aliphatic heterocycles. The number of hydrogen-bond acceptors (Lipinski definition) is 3. The molecule has 0 fully saturated rings. The predicted octanol–water partition coefficient (Wildman–Crippen LogP) is 0.0568. The molecule has 62 valence electrons. The van der Waals surface area contributed by atoms with Crippen LogP contribution in [0.5, 0.6) is 0 Å². The average Bonchev–Trinajstić information content (AvgIpc) is 2.49. The Hall–Kier alpha value is -1.36. The number of thiophene rings is 1. The molecular weight excluding hydrogens is 176 g/mol. The van der Waals surface area contributed by atoms with Gasteiger partial charge in [0.2, 0.25) is 0 Å². The summed E-state index contributed by atoms with van der Waals surface area (Å²) in [6.07, 6.45) is 0.646. The number of fused-ring (bicyclic) bond motifs is 1. The summed E-state index contributed by atoms with van der Waals surface area (Å²) in [7, 11) is 0. The largest absolute Gasteiger partial charge is 0.465 e. The van der Waals surface area contributed by atoms with Gasteiger partial charge in [-0.1, -0.05) is 0 Å². The van der Waals surface area contributed by atoms with Crippen LogP contribution in [0.2, 0.25) is 0 Å². The van der Waals surface area contributed by atoms with Gasteiger partial charge in [0.25, 0.3) is 0 Å². The zero-order chi connectivity index (χ0) is 8.55. The SMILES string of the molecule is O=C(O)N1C=c2sccc2=NC1.